The molecule has 8 heteroatoms. The van der Waals surface area contributed by atoms with Crippen molar-refractivity contribution in [3.8, 4) is 0 Å². The van der Waals surface area contributed by atoms with Gasteiger partial charge in [-0.3, -0.25) is 10.1 Å². The molecular formula is C10H9N5O2S. The first-order valence-corrected chi connectivity index (χ1v) is 5.75. The SMILES string of the molecule is Cc1cnc(Sc2ccc([N+](=O)[O-])c(N)n2)nc1. The minimum Gasteiger partial charge on any atom is -0.378 e. The Morgan fingerprint density at radius 2 is 2.00 bits per heavy atom. The van der Waals surface area contributed by atoms with E-state index in [4.69, 9.17) is 5.73 Å². The highest BCUT2D eigenvalue weighted by atomic mass is 32.2. The Labute approximate surface area is 107 Å². The molecular weight excluding hydrogens is 254 g/mol. The standard InChI is InChI=1S/C10H9N5O2S/c1-6-4-12-10(13-5-6)18-8-3-2-7(15(16)17)9(11)14-8/h2-5H,1H3,(H2,11,14). The molecule has 2 aromatic heterocycles. The number of rotatable bonds is 3. The van der Waals surface area contributed by atoms with Gasteiger partial charge in [-0.1, -0.05) is 0 Å². The molecule has 0 aliphatic carbocycles. The van der Waals surface area contributed by atoms with E-state index in [9.17, 15) is 10.1 Å². The summed E-state index contributed by atoms with van der Waals surface area (Å²) in [5.74, 6) is -0.114. The van der Waals surface area contributed by atoms with Gasteiger partial charge in [0.05, 0.1) is 4.92 Å². The van der Waals surface area contributed by atoms with Crippen LogP contribution in [0, 0.1) is 17.0 Å². The average Bonchev–Trinajstić information content (AvgIpc) is 2.32. The van der Waals surface area contributed by atoms with Crippen molar-refractivity contribution in [1.29, 1.82) is 0 Å². The predicted octanol–water partition coefficient (Wildman–Crippen LogP) is 1.82. The van der Waals surface area contributed by atoms with Crippen LogP contribution < -0.4 is 5.73 Å². The summed E-state index contributed by atoms with van der Waals surface area (Å²) in [5, 5.41) is 11.6. The fourth-order valence-corrected chi connectivity index (χ4v) is 1.87. The van der Waals surface area contributed by atoms with E-state index in [1.807, 2.05) is 6.92 Å². The van der Waals surface area contributed by atoms with Crippen LogP contribution in [0.15, 0.2) is 34.7 Å². The van der Waals surface area contributed by atoms with Gasteiger partial charge < -0.3 is 5.73 Å². The van der Waals surface area contributed by atoms with Crippen LogP contribution in [-0.2, 0) is 0 Å². The summed E-state index contributed by atoms with van der Waals surface area (Å²) in [7, 11) is 0. The zero-order valence-electron chi connectivity index (χ0n) is 9.40. The van der Waals surface area contributed by atoms with Crippen molar-refractivity contribution in [3.63, 3.8) is 0 Å². The molecule has 0 amide bonds. The van der Waals surface area contributed by atoms with Gasteiger partial charge in [0.1, 0.15) is 5.03 Å². The zero-order chi connectivity index (χ0) is 13.1. The van der Waals surface area contributed by atoms with E-state index in [0.29, 0.717) is 10.2 Å². The molecule has 0 saturated heterocycles. The minimum atomic E-state index is -0.570. The summed E-state index contributed by atoms with van der Waals surface area (Å²) in [6.07, 6.45) is 3.37. The number of aromatic nitrogens is 3. The molecule has 92 valence electrons. The number of nitrogen functional groups attached to an aromatic ring is 1. The third-order valence-corrected chi connectivity index (χ3v) is 2.86. The van der Waals surface area contributed by atoms with Crippen molar-refractivity contribution >= 4 is 23.3 Å². The molecule has 18 heavy (non-hydrogen) atoms. The van der Waals surface area contributed by atoms with E-state index >= 15 is 0 Å². The van der Waals surface area contributed by atoms with Crippen LogP contribution in [0.5, 0.6) is 0 Å². The summed E-state index contributed by atoms with van der Waals surface area (Å²) in [6.45, 7) is 1.89. The Kier molecular flexibility index (Phi) is 3.38. The van der Waals surface area contributed by atoms with Crippen LogP contribution in [0.25, 0.3) is 0 Å². The van der Waals surface area contributed by atoms with Gasteiger partial charge in [0.25, 0.3) is 0 Å². The molecule has 0 aliphatic rings. The number of nitrogens with zero attached hydrogens (tertiary/aromatic N) is 4. The fraction of sp³-hybridized carbons (Fsp3) is 0.100. The van der Waals surface area contributed by atoms with Gasteiger partial charge in [-0.15, -0.1) is 0 Å². The summed E-state index contributed by atoms with van der Waals surface area (Å²) < 4.78 is 0. The van der Waals surface area contributed by atoms with Gasteiger partial charge in [0.2, 0.25) is 5.82 Å². The molecule has 2 rings (SSSR count). The Balaban J connectivity index is 2.22. The highest BCUT2D eigenvalue weighted by Gasteiger charge is 2.13. The normalized spacial score (nSPS) is 10.3. The number of hydrogen-bond acceptors (Lipinski definition) is 7. The summed E-state index contributed by atoms with van der Waals surface area (Å²) in [6, 6.07) is 2.83. The number of hydrogen-bond donors (Lipinski definition) is 1. The lowest BCUT2D eigenvalue weighted by atomic mass is 10.4. The van der Waals surface area contributed by atoms with E-state index in [1.54, 1.807) is 12.4 Å². The van der Waals surface area contributed by atoms with Crippen molar-refractivity contribution in [2.45, 2.75) is 17.1 Å². The molecule has 0 bridgehead atoms. The molecule has 0 aromatic carbocycles. The Morgan fingerprint density at radius 3 is 2.56 bits per heavy atom. The number of aryl methyl sites for hydroxylation is 1. The lowest BCUT2D eigenvalue weighted by Gasteiger charge is -2.01. The van der Waals surface area contributed by atoms with Crippen molar-refractivity contribution < 1.29 is 4.92 Å². The van der Waals surface area contributed by atoms with Gasteiger partial charge in [-0.2, -0.15) is 0 Å². The minimum absolute atomic E-state index is 0.114. The second-order valence-corrected chi connectivity index (χ2v) is 4.44. The molecule has 0 fully saturated rings. The van der Waals surface area contributed by atoms with E-state index < -0.39 is 4.92 Å². The van der Waals surface area contributed by atoms with Crippen LogP contribution in [-0.4, -0.2) is 19.9 Å². The van der Waals surface area contributed by atoms with Crippen molar-refractivity contribution in [2.75, 3.05) is 5.73 Å². The van der Waals surface area contributed by atoms with Gasteiger partial charge in [0, 0.05) is 18.5 Å². The molecule has 7 nitrogen and oxygen atoms in total. The molecule has 2 N–H and O–H groups in total. The van der Waals surface area contributed by atoms with Crippen LogP contribution in [0.2, 0.25) is 0 Å². The molecule has 0 radical (unpaired) electrons. The maximum atomic E-state index is 10.6. The van der Waals surface area contributed by atoms with Gasteiger partial charge in [-0.05, 0) is 30.3 Å². The number of anilines is 1. The molecule has 0 saturated carbocycles. The van der Waals surface area contributed by atoms with E-state index in [1.165, 1.54) is 23.9 Å². The van der Waals surface area contributed by atoms with Crippen LogP contribution >= 0.6 is 11.8 Å². The van der Waals surface area contributed by atoms with Crippen molar-refractivity contribution in [1.82, 2.24) is 15.0 Å². The van der Waals surface area contributed by atoms with Crippen LogP contribution in [0.4, 0.5) is 11.5 Å². The summed E-state index contributed by atoms with van der Waals surface area (Å²) in [5.41, 5.74) is 6.24. The Bertz CT molecular complexity index is 587. The quantitative estimate of drug-likeness (QED) is 0.511. The summed E-state index contributed by atoms with van der Waals surface area (Å²) in [4.78, 5) is 22.1. The first kappa shape index (κ1) is 12.2. The fourth-order valence-electron chi connectivity index (χ4n) is 1.19. The smallest absolute Gasteiger partial charge is 0.311 e. The third kappa shape index (κ3) is 2.72. The van der Waals surface area contributed by atoms with Gasteiger partial charge >= 0.3 is 5.69 Å². The maximum Gasteiger partial charge on any atom is 0.311 e. The topological polar surface area (TPSA) is 108 Å². The molecule has 0 spiro atoms. The maximum absolute atomic E-state index is 10.6. The predicted molar refractivity (Wildman–Crippen MR) is 66.2 cm³/mol. The number of nitro groups is 1. The summed E-state index contributed by atoms with van der Waals surface area (Å²) >= 11 is 1.19. The van der Waals surface area contributed by atoms with Gasteiger partial charge in [-0.25, -0.2) is 15.0 Å². The lowest BCUT2D eigenvalue weighted by Crippen LogP contribution is -1.99. The highest BCUT2D eigenvalue weighted by Crippen LogP contribution is 2.27. The first-order chi connectivity index (χ1) is 8.56. The third-order valence-electron chi connectivity index (χ3n) is 2.03. The van der Waals surface area contributed by atoms with Gasteiger partial charge in [0.15, 0.2) is 5.16 Å². The second-order valence-electron chi connectivity index (χ2n) is 3.46. The second kappa shape index (κ2) is 4.96. The lowest BCUT2D eigenvalue weighted by molar-refractivity contribution is -0.384. The largest absolute Gasteiger partial charge is 0.378 e. The molecule has 0 aliphatic heterocycles. The van der Waals surface area contributed by atoms with Crippen molar-refractivity contribution in [2.24, 2.45) is 0 Å². The van der Waals surface area contributed by atoms with Crippen molar-refractivity contribution in [3.05, 3.63) is 40.2 Å². The Hall–Kier alpha value is -2.22. The molecule has 2 aromatic rings. The monoisotopic (exact) mass is 263 g/mol. The molecule has 2 heterocycles. The molecule has 0 unspecified atom stereocenters. The molecule has 0 atom stereocenters. The van der Waals surface area contributed by atoms with E-state index in [2.05, 4.69) is 15.0 Å². The number of nitrogens with two attached hydrogens (primary N) is 1. The van der Waals surface area contributed by atoms with E-state index in [-0.39, 0.29) is 11.5 Å². The zero-order valence-corrected chi connectivity index (χ0v) is 10.2. The van der Waals surface area contributed by atoms with E-state index in [0.717, 1.165) is 5.56 Å². The highest BCUT2D eigenvalue weighted by molar-refractivity contribution is 7.99. The Morgan fingerprint density at radius 1 is 1.33 bits per heavy atom. The first-order valence-electron chi connectivity index (χ1n) is 4.93. The van der Waals surface area contributed by atoms with Crippen LogP contribution in [0.3, 0.4) is 0 Å². The number of pyridine rings is 1. The average molecular weight is 263 g/mol. The van der Waals surface area contributed by atoms with Crippen LogP contribution in [0.1, 0.15) is 5.56 Å².